The van der Waals surface area contributed by atoms with Gasteiger partial charge in [-0.2, -0.15) is 16.7 Å². The summed E-state index contributed by atoms with van der Waals surface area (Å²) in [7, 11) is 0. The Morgan fingerprint density at radius 1 is 1.47 bits per heavy atom. The number of rotatable bonds is 2. The van der Waals surface area contributed by atoms with E-state index in [2.05, 4.69) is 15.1 Å². The molecule has 1 aliphatic heterocycles. The van der Waals surface area contributed by atoms with Gasteiger partial charge in [-0.3, -0.25) is 4.98 Å². The van der Waals surface area contributed by atoms with Crippen LogP contribution in [0.2, 0.25) is 0 Å². The van der Waals surface area contributed by atoms with Gasteiger partial charge in [-0.25, -0.2) is 0 Å². The standard InChI is InChI=1S/C11H11N3O2S/c15-8-6-12-4-3-7(8)11-13-10(14-16-11)9-2-1-5-17-9/h3-4,6,9,15H,1-2,5H2. The molecule has 1 fully saturated rings. The van der Waals surface area contributed by atoms with Crippen molar-refractivity contribution in [3.8, 4) is 17.2 Å². The summed E-state index contributed by atoms with van der Waals surface area (Å²) >= 11 is 1.85. The van der Waals surface area contributed by atoms with Crippen LogP contribution in [0.1, 0.15) is 23.9 Å². The van der Waals surface area contributed by atoms with Crippen LogP contribution in [0, 0.1) is 0 Å². The molecule has 0 amide bonds. The van der Waals surface area contributed by atoms with Crippen LogP contribution < -0.4 is 0 Å². The zero-order valence-electron chi connectivity index (χ0n) is 9.04. The van der Waals surface area contributed by atoms with Gasteiger partial charge in [-0.15, -0.1) is 0 Å². The zero-order chi connectivity index (χ0) is 11.7. The van der Waals surface area contributed by atoms with Crippen LogP contribution in [0.3, 0.4) is 0 Å². The van der Waals surface area contributed by atoms with Crippen molar-refractivity contribution in [3.63, 3.8) is 0 Å². The maximum Gasteiger partial charge on any atom is 0.261 e. The monoisotopic (exact) mass is 249 g/mol. The minimum atomic E-state index is 0.0572. The molecule has 1 unspecified atom stereocenters. The molecule has 0 radical (unpaired) electrons. The Hall–Kier alpha value is -1.56. The highest BCUT2D eigenvalue weighted by Crippen LogP contribution is 2.39. The van der Waals surface area contributed by atoms with E-state index in [0.717, 1.165) is 18.0 Å². The van der Waals surface area contributed by atoms with Crippen molar-refractivity contribution in [1.82, 2.24) is 15.1 Å². The second-order valence-corrected chi connectivity index (χ2v) is 5.16. The molecule has 1 atom stereocenters. The molecular weight excluding hydrogens is 238 g/mol. The maximum absolute atomic E-state index is 9.64. The van der Waals surface area contributed by atoms with Gasteiger partial charge in [-0.1, -0.05) is 5.16 Å². The van der Waals surface area contributed by atoms with Crippen molar-refractivity contribution < 1.29 is 9.63 Å². The quantitative estimate of drug-likeness (QED) is 0.881. The third kappa shape index (κ3) is 2.00. The summed E-state index contributed by atoms with van der Waals surface area (Å²) in [4.78, 5) is 8.15. The summed E-state index contributed by atoms with van der Waals surface area (Å²) < 4.78 is 5.18. The van der Waals surface area contributed by atoms with Crippen molar-refractivity contribution in [2.75, 3.05) is 5.75 Å². The second-order valence-electron chi connectivity index (χ2n) is 3.85. The summed E-state index contributed by atoms with van der Waals surface area (Å²) in [5, 5.41) is 14.0. The van der Waals surface area contributed by atoms with E-state index in [1.54, 1.807) is 12.3 Å². The topological polar surface area (TPSA) is 72.0 Å². The Bertz CT molecular complexity index is 523. The van der Waals surface area contributed by atoms with Gasteiger partial charge in [0.2, 0.25) is 0 Å². The third-order valence-corrected chi connectivity index (χ3v) is 4.06. The molecule has 5 nitrogen and oxygen atoms in total. The van der Waals surface area contributed by atoms with E-state index in [4.69, 9.17) is 4.52 Å². The van der Waals surface area contributed by atoms with Gasteiger partial charge in [0.15, 0.2) is 5.82 Å². The molecule has 2 aromatic heterocycles. The molecule has 6 heteroatoms. The SMILES string of the molecule is Oc1cnccc1-c1nc(C2CCCS2)no1. The van der Waals surface area contributed by atoms with Crippen LogP contribution in [-0.4, -0.2) is 26.0 Å². The van der Waals surface area contributed by atoms with Crippen molar-refractivity contribution in [2.45, 2.75) is 18.1 Å². The van der Waals surface area contributed by atoms with Crippen LogP contribution >= 0.6 is 11.8 Å². The summed E-state index contributed by atoms with van der Waals surface area (Å²) in [6, 6.07) is 1.66. The van der Waals surface area contributed by atoms with Crippen molar-refractivity contribution in [1.29, 1.82) is 0 Å². The fraction of sp³-hybridized carbons (Fsp3) is 0.364. The molecule has 0 aliphatic carbocycles. The van der Waals surface area contributed by atoms with E-state index in [0.29, 0.717) is 16.7 Å². The molecule has 1 saturated heterocycles. The summed E-state index contributed by atoms with van der Waals surface area (Å²) in [5.74, 6) is 2.28. The van der Waals surface area contributed by atoms with E-state index in [-0.39, 0.29) is 5.75 Å². The molecule has 0 saturated carbocycles. The van der Waals surface area contributed by atoms with Crippen LogP contribution in [0.5, 0.6) is 5.75 Å². The summed E-state index contributed by atoms with van der Waals surface area (Å²) in [6.07, 6.45) is 5.23. The predicted octanol–water partition coefficient (Wildman–Crippen LogP) is 2.41. The Labute approximate surface area is 102 Å². The minimum Gasteiger partial charge on any atom is -0.505 e. The number of aromatic hydroxyl groups is 1. The van der Waals surface area contributed by atoms with E-state index in [9.17, 15) is 5.11 Å². The number of thioether (sulfide) groups is 1. The van der Waals surface area contributed by atoms with Crippen LogP contribution in [0.25, 0.3) is 11.5 Å². The second kappa shape index (κ2) is 4.37. The molecule has 0 spiro atoms. The van der Waals surface area contributed by atoms with Gasteiger partial charge in [0, 0.05) is 6.20 Å². The largest absolute Gasteiger partial charge is 0.505 e. The average Bonchev–Trinajstić information content (AvgIpc) is 3.00. The lowest BCUT2D eigenvalue weighted by Crippen LogP contribution is -1.91. The zero-order valence-corrected chi connectivity index (χ0v) is 9.85. The van der Waals surface area contributed by atoms with Gasteiger partial charge in [0.25, 0.3) is 5.89 Å². The fourth-order valence-electron chi connectivity index (χ4n) is 1.82. The Kier molecular flexibility index (Phi) is 2.72. The van der Waals surface area contributed by atoms with Crippen molar-refractivity contribution in [2.24, 2.45) is 0 Å². The number of hydrogen-bond donors (Lipinski definition) is 1. The molecule has 88 valence electrons. The highest BCUT2D eigenvalue weighted by Gasteiger charge is 2.23. The lowest BCUT2D eigenvalue weighted by Gasteiger charge is -1.99. The highest BCUT2D eigenvalue weighted by atomic mass is 32.2. The first-order valence-electron chi connectivity index (χ1n) is 5.43. The van der Waals surface area contributed by atoms with E-state index in [1.807, 2.05) is 11.8 Å². The molecule has 1 aliphatic rings. The molecule has 3 heterocycles. The number of nitrogens with zero attached hydrogens (tertiary/aromatic N) is 3. The lowest BCUT2D eigenvalue weighted by molar-refractivity contribution is 0.416. The Morgan fingerprint density at radius 3 is 3.18 bits per heavy atom. The lowest BCUT2D eigenvalue weighted by atomic mass is 10.2. The molecule has 0 aromatic carbocycles. The van der Waals surface area contributed by atoms with Gasteiger partial charge in [0.05, 0.1) is 17.0 Å². The van der Waals surface area contributed by atoms with Crippen LogP contribution in [0.4, 0.5) is 0 Å². The summed E-state index contributed by atoms with van der Waals surface area (Å²) in [5.41, 5.74) is 0.529. The van der Waals surface area contributed by atoms with Crippen LogP contribution in [0.15, 0.2) is 23.0 Å². The fourth-order valence-corrected chi connectivity index (χ4v) is 3.02. The molecule has 3 rings (SSSR count). The molecule has 1 N–H and O–H groups in total. The Balaban J connectivity index is 1.92. The first kappa shape index (κ1) is 10.6. The van der Waals surface area contributed by atoms with Gasteiger partial charge in [-0.05, 0) is 24.7 Å². The van der Waals surface area contributed by atoms with E-state index in [1.165, 1.54) is 12.6 Å². The Morgan fingerprint density at radius 2 is 2.41 bits per heavy atom. The van der Waals surface area contributed by atoms with E-state index >= 15 is 0 Å². The third-order valence-electron chi connectivity index (χ3n) is 2.69. The number of hydrogen-bond acceptors (Lipinski definition) is 6. The number of aromatic nitrogens is 3. The normalized spacial score (nSPS) is 19.6. The minimum absolute atomic E-state index is 0.0572. The first-order chi connectivity index (χ1) is 8.34. The first-order valence-corrected chi connectivity index (χ1v) is 6.48. The van der Waals surface area contributed by atoms with E-state index < -0.39 is 0 Å². The molecule has 2 aromatic rings. The van der Waals surface area contributed by atoms with Gasteiger partial charge >= 0.3 is 0 Å². The summed E-state index contributed by atoms with van der Waals surface area (Å²) in [6.45, 7) is 0. The van der Waals surface area contributed by atoms with Crippen LogP contribution in [-0.2, 0) is 0 Å². The molecule has 0 bridgehead atoms. The van der Waals surface area contributed by atoms with Gasteiger partial charge in [0.1, 0.15) is 5.75 Å². The average molecular weight is 249 g/mol. The highest BCUT2D eigenvalue weighted by molar-refractivity contribution is 7.99. The predicted molar refractivity (Wildman–Crippen MR) is 63.6 cm³/mol. The molecular formula is C11H11N3O2S. The smallest absolute Gasteiger partial charge is 0.261 e. The van der Waals surface area contributed by atoms with Gasteiger partial charge < -0.3 is 9.63 Å². The molecule has 17 heavy (non-hydrogen) atoms. The maximum atomic E-state index is 9.64. The van der Waals surface area contributed by atoms with Crippen molar-refractivity contribution in [3.05, 3.63) is 24.3 Å². The van der Waals surface area contributed by atoms with Crippen molar-refractivity contribution >= 4 is 11.8 Å². The number of pyridine rings is 1.